The van der Waals surface area contributed by atoms with Crippen LogP contribution >= 0.6 is 0 Å². The monoisotopic (exact) mass is 291 g/mol. The highest BCUT2D eigenvalue weighted by molar-refractivity contribution is 6.01. The van der Waals surface area contributed by atoms with Gasteiger partial charge in [-0.15, -0.1) is 0 Å². The molecule has 0 spiro atoms. The van der Waals surface area contributed by atoms with Gasteiger partial charge in [-0.25, -0.2) is 4.79 Å². The fourth-order valence-electron chi connectivity index (χ4n) is 1.93. The maximum atomic E-state index is 12.5. The summed E-state index contributed by atoms with van der Waals surface area (Å²) < 4.78 is 5.23. The second-order valence-corrected chi connectivity index (χ2v) is 6.07. The third kappa shape index (κ3) is 6.43. The molecule has 0 heterocycles. The predicted octanol–water partition coefficient (Wildman–Crippen LogP) is 3.95. The Bertz CT molecular complexity index is 463. The van der Waals surface area contributed by atoms with Crippen molar-refractivity contribution < 1.29 is 14.3 Å². The molecule has 116 valence electrons. The van der Waals surface area contributed by atoms with E-state index in [-0.39, 0.29) is 5.78 Å². The van der Waals surface area contributed by atoms with E-state index < -0.39 is 17.7 Å². The van der Waals surface area contributed by atoms with Crippen molar-refractivity contribution in [2.75, 3.05) is 0 Å². The molecule has 1 atom stereocenters. The summed E-state index contributed by atoms with van der Waals surface area (Å²) in [4.78, 5) is 24.4. The van der Waals surface area contributed by atoms with E-state index in [4.69, 9.17) is 4.74 Å². The summed E-state index contributed by atoms with van der Waals surface area (Å²) in [6, 6.07) is 8.48. The topological polar surface area (TPSA) is 55.4 Å². The summed E-state index contributed by atoms with van der Waals surface area (Å²) in [5, 5.41) is 2.70. The van der Waals surface area contributed by atoms with Gasteiger partial charge in [-0.2, -0.15) is 0 Å². The van der Waals surface area contributed by atoms with Crippen molar-refractivity contribution in [3.05, 3.63) is 35.9 Å². The van der Waals surface area contributed by atoms with Gasteiger partial charge in [0.2, 0.25) is 0 Å². The molecule has 1 aromatic rings. The minimum Gasteiger partial charge on any atom is -0.444 e. The SMILES string of the molecule is CCCCC(NC(=O)OC(C)(C)C)C(=O)c1ccccc1. The van der Waals surface area contributed by atoms with E-state index in [0.29, 0.717) is 12.0 Å². The number of carbonyl (C=O) groups excluding carboxylic acids is 2. The van der Waals surface area contributed by atoms with Crippen molar-refractivity contribution in [3.8, 4) is 0 Å². The van der Waals surface area contributed by atoms with Crippen LogP contribution in [0.4, 0.5) is 4.79 Å². The fourth-order valence-corrected chi connectivity index (χ4v) is 1.93. The lowest BCUT2D eigenvalue weighted by Gasteiger charge is -2.23. The molecule has 0 aliphatic rings. The first-order valence-electron chi connectivity index (χ1n) is 7.42. The highest BCUT2D eigenvalue weighted by Gasteiger charge is 2.24. The van der Waals surface area contributed by atoms with Crippen molar-refractivity contribution in [2.45, 2.75) is 58.6 Å². The Morgan fingerprint density at radius 2 is 1.81 bits per heavy atom. The molecule has 21 heavy (non-hydrogen) atoms. The second-order valence-electron chi connectivity index (χ2n) is 6.07. The molecule has 1 unspecified atom stereocenters. The third-order valence-corrected chi connectivity index (χ3v) is 2.91. The average molecular weight is 291 g/mol. The van der Waals surface area contributed by atoms with Crippen LogP contribution < -0.4 is 5.32 Å². The molecule has 4 nitrogen and oxygen atoms in total. The molecule has 1 aromatic carbocycles. The van der Waals surface area contributed by atoms with Crippen LogP contribution in [-0.4, -0.2) is 23.5 Å². The van der Waals surface area contributed by atoms with E-state index in [9.17, 15) is 9.59 Å². The van der Waals surface area contributed by atoms with E-state index in [1.54, 1.807) is 32.9 Å². The second kappa shape index (κ2) is 7.81. The Kier molecular flexibility index (Phi) is 6.40. The van der Waals surface area contributed by atoms with Crippen LogP contribution in [0.1, 0.15) is 57.3 Å². The number of Topliss-reactive ketones (excluding diaryl/α,β-unsaturated/α-hetero) is 1. The van der Waals surface area contributed by atoms with Crippen molar-refractivity contribution in [1.29, 1.82) is 0 Å². The van der Waals surface area contributed by atoms with Gasteiger partial charge in [0.25, 0.3) is 0 Å². The van der Waals surface area contributed by atoms with Gasteiger partial charge in [-0.3, -0.25) is 4.79 Å². The molecule has 0 aromatic heterocycles. The number of unbranched alkanes of at least 4 members (excludes halogenated alkanes) is 1. The van der Waals surface area contributed by atoms with Gasteiger partial charge in [0.15, 0.2) is 5.78 Å². The van der Waals surface area contributed by atoms with Gasteiger partial charge in [0.05, 0.1) is 6.04 Å². The molecule has 0 aliphatic heterocycles. The van der Waals surface area contributed by atoms with Crippen LogP contribution in [-0.2, 0) is 4.74 Å². The molecule has 0 radical (unpaired) electrons. The number of rotatable bonds is 6. The first-order valence-corrected chi connectivity index (χ1v) is 7.42. The Hall–Kier alpha value is -1.84. The van der Waals surface area contributed by atoms with Gasteiger partial charge in [-0.1, -0.05) is 50.1 Å². The zero-order chi connectivity index (χ0) is 15.9. The van der Waals surface area contributed by atoms with Crippen molar-refractivity contribution in [3.63, 3.8) is 0 Å². The Morgan fingerprint density at radius 3 is 2.33 bits per heavy atom. The Balaban J connectivity index is 2.76. The summed E-state index contributed by atoms with van der Waals surface area (Å²) in [6.07, 6.45) is 1.91. The van der Waals surface area contributed by atoms with Crippen molar-refractivity contribution in [2.24, 2.45) is 0 Å². The van der Waals surface area contributed by atoms with E-state index >= 15 is 0 Å². The molecule has 0 bridgehead atoms. The maximum Gasteiger partial charge on any atom is 0.408 e. The molecule has 0 saturated carbocycles. The lowest BCUT2D eigenvalue weighted by Crippen LogP contribution is -2.43. The molecule has 0 aliphatic carbocycles. The minimum absolute atomic E-state index is 0.0742. The van der Waals surface area contributed by atoms with Crippen LogP contribution in [0.5, 0.6) is 0 Å². The molecular formula is C17H25NO3. The van der Waals surface area contributed by atoms with Crippen LogP contribution in [0, 0.1) is 0 Å². The zero-order valence-corrected chi connectivity index (χ0v) is 13.3. The van der Waals surface area contributed by atoms with Crippen LogP contribution in [0.25, 0.3) is 0 Å². The molecular weight excluding hydrogens is 266 g/mol. The van der Waals surface area contributed by atoms with Crippen LogP contribution in [0.3, 0.4) is 0 Å². The summed E-state index contributed by atoms with van der Waals surface area (Å²) in [7, 11) is 0. The van der Waals surface area contributed by atoms with Crippen LogP contribution in [0.15, 0.2) is 30.3 Å². The predicted molar refractivity (Wildman–Crippen MR) is 83.5 cm³/mol. The minimum atomic E-state index is -0.574. The number of hydrogen-bond donors (Lipinski definition) is 1. The number of nitrogens with one attached hydrogen (secondary N) is 1. The first-order chi connectivity index (χ1) is 9.83. The molecule has 4 heteroatoms. The standard InChI is InChI=1S/C17H25NO3/c1-5-6-12-14(18-16(20)21-17(2,3)4)15(19)13-10-8-7-9-11-13/h7-11,14H,5-6,12H2,1-4H3,(H,18,20). The normalized spacial score (nSPS) is 12.6. The lowest BCUT2D eigenvalue weighted by molar-refractivity contribution is 0.0488. The van der Waals surface area contributed by atoms with E-state index in [2.05, 4.69) is 12.2 Å². The molecule has 1 N–H and O–H groups in total. The van der Waals surface area contributed by atoms with Crippen LogP contribution in [0.2, 0.25) is 0 Å². The zero-order valence-electron chi connectivity index (χ0n) is 13.3. The van der Waals surface area contributed by atoms with Gasteiger partial charge < -0.3 is 10.1 Å². The van der Waals surface area contributed by atoms with Gasteiger partial charge >= 0.3 is 6.09 Å². The number of ketones is 1. The quantitative estimate of drug-likeness (QED) is 0.807. The summed E-state index contributed by atoms with van der Waals surface area (Å²) in [5.41, 5.74) is 0.0319. The van der Waals surface area contributed by atoms with E-state index in [1.165, 1.54) is 0 Å². The Labute approximate surface area is 126 Å². The Morgan fingerprint density at radius 1 is 1.19 bits per heavy atom. The fraction of sp³-hybridized carbons (Fsp3) is 0.529. The summed E-state index contributed by atoms with van der Waals surface area (Å²) in [5.74, 6) is -0.0742. The molecule has 0 saturated heterocycles. The van der Waals surface area contributed by atoms with Gasteiger partial charge in [-0.05, 0) is 27.2 Å². The number of benzene rings is 1. The number of amides is 1. The molecule has 1 amide bonds. The smallest absolute Gasteiger partial charge is 0.408 e. The maximum absolute atomic E-state index is 12.5. The summed E-state index contributed by atoms with van der Waals surface area (Å²) in [6.45, 7) is 7.45. The molecule has 0 fully saturated rings. The number of alkyl carbamates (subject to hydrolysis) is 1. The van der Waals surface area contributed by atoms with Gasteiger partial charge in [0.1, 0.15) is 5.60 Å². The van der Waals surface area contributed by atoms with Gasteiger partial charge in [0, 0.05) is 5.56 Å². The van der Waals surface area contributed by atoms with E-state index in [0.717, 1.165) is 12.8 Å². The first kappa shape index (κ1) is 17.2. The number of ether oxygens (including phenoxy) is 1. The van der Waals surface area contributed by atoms with Crippen molar-refractivity contribution >= 4 is 11.9 Å². The van der Waals surface area contributed by atoms with E-state index in [1.807, 2.05) is 18.2 Å². The highest BCUT2D eigenvalue weighted by atomic mass is 16.6. The summed E-state index contributed by atoms with van der Waals surface area (Å²) >= 11 is 0. The number of hydrogen-bond acceptors (Lipinski definition) is 3. The van der Waals surface area contributed by atoms with Crippen molar-refractivity contribution in [1.82, 2.24) is 5.32 Å². The molecule has 1 rings (SSSR count). The highest BCUT2D eigenvalue weighted by Crippen LogP contribution is 2.12. The lowest BCUT2D eigenvalue weighted by atomic mass is 10.00. The largest absolute Gasteiger partial charge is 0.444 e. The third-order valence-electron chi connectivity index (χ3n) is 2.91. The average Bonchev–Trinajstić information content (AvgIpc) is 2.41. The number of carbonyl (C=O) groups is 2.